The number of rotatable bonds is 3. The number of halogens is 2. The first-order valence-corrected chi connectivity index (χ1v) is 7.73. The molecule has 0 saturated carbocycles. The van der Waals surface area contributed by atoms with Crippen LogP contribution in [0.25, 0.3) is 0 Å². The molecule has 106 valence electrons. The van der Waals surface area contributed by atoms with Crippen LogP contribution in [0.5, 0.6) is 0 Å². The molecule has 0 saturated heterocycles. The molecule has 0 aliphatic heterocycles. The van der Waals surface area contributed by atoms with Crippen LogP contribution < -0.4 is 10.5 Å². The molecule has 3 N–H and O–H groups in total. The van der Waals surface area contributed by atoms with Crippen LogP contribution in [0, 0.1) is 6.92 Å². The van der Waals surface area contributed by atoms with Crippen molar-refractivity contribution in [3.63, 3.8) is 0 Å². The minimum atomic E-state index is -3.86. The molecule has 0 unspecified atom stereocenters. The average Bonchev–Trinajstić information content (AvgIpc) is 2.35. The molecule has 0 fully saturated rings. The second-order valence-corrected chi connectivity index (χ2v) is 6.57. The van der Waals surface area contributed by atoms with Gasteiger partial charge in [0, 0.05) is 6.20 Å². The minimum Gasteiger partial charge on any atom is -0.396 e. The summed E-state index contributed by atoms with van der Waals surface area (Å²) in [5, 5.41) is 0.0942. The normalized spacial score (nSPS) is 11.3. The fourth-order valence-electron chi connectivity index (χ4n) is 1.58. The molecule has 0 spiro atoms. The van der Waals surface area contributed by atoms with Crippen molar-refractivity contribution in [2.45, 2.75) is 11.8 Å². The lowest BCUT2D eigenvalue weighted by atomic mass is 10.3. The van der Waals surface area contributed by atoms with Crippen LogP contribution in [0.4, 0.5) is 11.4 Å². The van der Waals surface area contributed by atoms with E-state index in [1.54, 1.807) is 19.2 Å². The summed E-state index contributed by atoms with van der Waals surface area (Å²) in [6, 6.07) is 4.33. The quantitative estimate of drug-likeness (QED) is 0.846. The molecule has 20 heavy (non-hydrogen) atoms. The smallest absolute Gasteiger partial charge is 0.263 e. The zero-order chi connectivity index (χ0) is 14.9. The van der Waals surface area contributed by atoms with Crippen LogP contribution in [0.3, 0.4) is 0 Å². The average molecular weight is 332 g/mol. The minimum absolute atomic E-state index is 0.0265. The Balaban J connectivity index is 2.44. The van der Waals surface area contributed by atoms with Gasteiger partial charge in [-0.25, -0.2) is 8.42 Å². The summed E-state index contributed by atoms with van der Waals surface area (Å²) in [4.78, 5) is 3.77. The SMILES string of the molecule is Cc1cncc(NS(=O)(=O)c2ccc(Cl)c(N)c2Cl)c1. The van der Waals surface area contributed by atoms with Gasteiger partial charge in [-0.05, 0) is 30.7 Å². The molecule has 0 bridgehead atoms. The van der Waals surface area contributed by atoms with Gasteiger partial charge in [0.1, 0.15) is 4.90 Å². The third-order valence-corrected chi connectivity index (χ3v) is 4.78. The first kappa shape index (κ1) is 14.9. The molecule has 0 aliphatic rings. The molecule has 5 nitrogen and oxygen atoms in total. The summed E-state index contributed by atoms with van der Waals surface area (Å²) < 4.78 is 26.9. The second kappa shape index (κ2) is 5.47. The molecule has 0 radical (unpaired) electrons. The highest BCUT2D eigenvalue weighted by atomic mass is 35.5. The summed E-state index contributed by atoms with van der Waals surface area (Å²) in [7, 11) is -3.86. The van der Waals surface area contributed by atoms with Crippen molar-refractivity contribution in [1.82, 2.24) is 4.98 Å². The summed E-state index contributed by atoms with van der Waals surface area (Å²) >= 11 is 11.7. The van der Waals surface area contributed by atoms with Crippen molar-refractivity contribution in [1.29, 1.82) is 0 Å². The number of aromatic nitrogens is 1. The summed E-state index contributed by atoms with van der Waals surface area (Å²) in [5.41, 5.74) is 6.82. The van der Waals surface area contributed by atoms with Crippen LogP contribution in [0.15, 0.2) is 35.5 Å². The summed E-state index contributed by atoms with van der Waals surface area (Å²) in [5.74, 6) is 0. The molecule has 8 heteroatoms. The maximum Gasteiger partial charge on any atom is 0.263 e. The van der Waals surface area contributed by atoms with E-state index in [4.69, 9.17) is 28.9 Å². The lowest BCUT2D eigenvalue weighted by Crippen LogP contribution is -2.14. The number of anilines is 2. The topological polar surface area (TPSA) is 85.1 Å². The molecular formula is C12H11Cl2N3O2S. The van der Waals surface area contributed by atoms with E-state index in [0.717, 1.165) is 5.56 Å². The van der Waals surface area contributed by atoms with Gasteiger partial charge in [-0.15, -0.1) is 0 Å². The number of nitrogens with zero attached hydrogens (tertiary/aromatic N) is 1. The van der Waals surface area contributed by atoms with E-state index in [9.17, 15) is 8.42 Å². The number of benzene rings is 1. The number of pyridine rings is 1. The molecule has 1 aromatic carbocycles. The number of sulfonamides is 1. The van der Waals surface area contributed by atoms with Crippen molar-refractivity contribution in [2.75, 3.05) is 10.5 Å². The van der Waals surface area contributed by atoms with E-state index in [2.05, 4.69) is 9.71 Å². The predicted molar refractivity (Wildman–Crippen MR) is 80.7 cm³/mol. The van der Waals surface area contributed by atoms with E-state index in [-0.39, 0.29) is 20.6 Å². The second-order valence-electron chi connectivity index (χ2n) is 4.13. The Bertz CT molecular complexity index is 763. The van der Waals surface area contributed by atoms with Gasteiger partial charge in [0.25, 0.3) is 10.0 Å². The maximum absolute atomic E-state index is 12.3. The molecule has 1 heterocycles. The van der Waals surface area contributed by atoms with E-state index in [1.165, 1.54) is 18.3 Å². The highest BCUT2D eigenvalue weighted by Gasteiger charge is 2.21. The predicted octanol–water partition coefficient (Wildman–Crippen LogP) is 3.08. The Morgan fingerprint density at radius 3 is 2.60 bits per heavy atom. The van der Waals surface area contributed by atoms with Gasteiger partial charge in [0.15, 0.2) is 0 Å². The summed E-state index contributed by atoms with van der Waals surface area (Å²) in [6.07, 6.45) is 3.02. The molecule has 0 amide bonds. The summed E-state index contributed by atoms with van der Waals surface area (Å²) in [6.45, 7) is 1.80. The van der Waals surface area contributed by atoms with Gasteiger partial charge in [-0.1, -0.05) is 23.2 Å². The van der Waals surface area contributed by atoms with Crippen molar-refractivity contribution >= 4 is 44.6 Å². The van der Waals surface area contributed by atoms with Crippen molar-refractivity contribution < 1.29 is 8.42 Å². The molecule has 0 atom stereocenters. The van der Waals surface area contributed by atoms with Gasteiger partial charge in [-0.3, -0.25) is 9.71 Å². The highest BCUT2D eigenvalue weighted by Crippen LogP contribution is 2.33. The van der Waals surface area contributed by atoms with E-state index in [0.29, 0.717) is 5.69 Å². The van der Waals surface area contributed by atoms with Crippen LogP contribution in [0.1, 0.15) is 5.56 Å². The van der Waals surface area contributed by atoms with Crippen molar-refractivity contribution in [2.24, 2.45) is 0 Å². The molecular weight excluding hydrogens is 321 g/mol. The van der Waals surface area contributed by atoms with Crippen LogP contribution >= 0.6 is 23.2 Å². The Kier molecular flexibility index (Phi) is 4.08. The Morgan fingerprint density at radius 2 is 1.95 bits per heavy atom. The van der Waals surface area contributed by atoms with Gasteiger partial charge in [0.2, 0.25) is 0 Å². The highest BCUT2D eigenvalue weighted by molar-refractivity contribution is 7.92. The van der Waals surface area contributed by atoms with Gasteiger partial charge >= 0.3 is 0 Å². The molecule has 2 aromatic rings. The number of nitrogens with one attached hydrogen (secondary N) is 1. The lowest BCUT2D eigenvalue weighted by molar-refractivity contribution is 0.601. The molecule has 1 aromatic heterocycles. The van der Waals surface area contributed by atoms with Gasteiger partial charge < -0.3 is 5.73 Å². The van der Waals surface area contributed by atoms with E-state index < -0.39 is 10.0 Å². The van der Waals surface area contributed by atoms with E-state index in [1.807, 2.05) is 0 Å². The number of nitrogens with two attached hydrogens (primary N) is 1. The van der Waals surface area contributed by atoms with Crippen LogP contribution in [-0.2, 0) is 10.0 Å². The van der Waals surface area contributed by atoms with Gasteiger partial charge in [-0.2, -0.15) is 0 Å². The Hall–Kier alpha value is -1.50. The van der Waals surface area contributed by atoms with Gasteiger partial charge in [0.05, 0.1) is 27.6 Å². The number of nitrogen functional groups attached to an aromatic ring is 1. The van der Waals surface area contributed by atoms with E-state index >= 15 is 0 Å². The largest absolute Gasteiger partial charge is 0.396 e. The van der Waals surface area contributed by atoms with Crippen molar-refractivity contribution in [3.05, 3.63) is 46.2 Å². The third kappa shape index (κ3) is 2.98. The molecule has 0 aliphatic carbocycles. The molecule has 2 rings (SSSR count). The van der Waals surface area contributed by atoms with Crippen LogP contribution in [-0.4, -0.2) is 13.4 Å². The number of aryl methyl sites for hydroxylation is 1. The lowest BCUT2D eigenvalue weighted by Gasteiger charge is -2.11. The third-order valence-electron chi connectivity index (χ3n) is 2.51. The first-order chi connectivity index (χ1) is 9.31. The Labute approximate surface area is 126 Å². The first-order valence-electron chi connectivity index (χ1n) is 5.49. The number of hydrogen-bond acceptors (Lipinski definition) is 4. The zero-order valence-corrected chi connectivity index (χ0v) is 12.7. The maximum atomic E-state index is 12.3. The zero-order valence-electron chi connectivity index (χ0n) is 10.4. The number of hydrogen-bond donors (Lipinski definition) is 2. The monoisotopic (exact) mass is 331 g/mol. The van der Waals surface area contributed by atoms with Crippen molar-refractivity contribution in [3.8, 4) is 0 Å². The standard InChI is InChI=1S/C12H11Cl2N3O2S/c1-7-4-8(6-16-5-7)17-20(18,19)10-3-2-9(13)12(15)11(10)14/h2-6,17H,15H2,1H3. The Morgan fingerprint density at radius 1 is 1.25 bits per heavy atom. The fourth-order valence-corrected chi connectivity index (χ4v) is 3.38. The van der Waals surface area contributed by atoms with Crippen LogP contribution in [0.2, 0.25) is 10.0 Å². The fraction of sp³-hybridized carbons (Fsp3) is 0.0833.